The van der Waals surface area contributed by atoms with Gasteiger partial charge in [0.25, 0.3) is 0 Å². The second-order valence-corrected chi connectivity index (χ2v) is 7.24. The molecule has 2 heterocycles. The Morgan fingerprint density at radius 3 is 2.84 bits per heavy atom. The lowest BCUT2D eigenvalue weighted by Gasteiger charge is -2.18. The number of halogens is 2. The Bertz CT molecular complexity index is 640. The third-order valence-corrected chi connectivity index (χ3v) is 5.22. The Balaban J connectivity index is 1.92. The van der Waals surface area contributed by atoms with Crippen LogP contribution in [0.2, 0.25) is 0 Å². The summed E-state index contributed by atoms with van der Waals surface area (Å²) in [7, 11) is 0. The van der Waals surface area contributed by atoms with E-state index in [1.165, 1.54) is 0 Å². The Morgan fingerprint density at radius 1 is 1.26 bits per heavy atom. The van der Waals surface area contributed by atoms with Gasteiger partial charge < -0.3 is 5.32 Å². The predicted molar refractivity (Wildman–Crippen MR) is 83.1 cm³/mol. The first-order chi connectivity index (χ1) is 9.13. The Hall–Kier alpha value is -0.840. The SMILES string of the molecule is O=C1CCc2cc(C(Cl)c3csc(Br)c3)ccc2N1. The van der Waals surface area contributed by atoms with E-state index in [0.29, 0.717) is 6.42 Å². The molecule has 98 valence electrons. The van der Waals surface area contributed by atoms with Crippen LogP contribution in [-0.4, -0.2) is 5.91 Å². The molecule has 1 aliphatic heterocycles. The van der Waals surface area contributed by atoms with E-state index in [1.54, 1.807) is 11.3 Å². The lowest BCUT2D eigenvalue weighted by molar-refractivity contribution is -0.116. The third kappa shape index (κ3) is 2.71. The Labute approximate surface area is 128 Å². The molecular weight excluding hydrogens is 346 g/mol. The number of amides is 1. The first kappa shape index (κ1) is 13.2. The smallest absolute Gasteiger partial charge is 0.224 e. The summed E-state index contributed by atoms with van der Waals surface area (Å²) < 4.78 is 1.08. The lowest BCUT2D eigenvalue weighted by Crippen LogP contribution is -2.19. The average molecular weight is 357 g/mol. The highest BCUT2D eigenvalue weighted by molar-refractivity contribution is 9.11. The van der Waals surface area contributed by atoms with Gasteiger partial charge in [0.05, 0.1) is 9.16 Å². The van der Waals surface area contributed by atoms with Gasteiger partial charge in [0.1, 0.15) is 0 Å². The maximum atomic E-state index is 11.3. The number of carbonyl (C=O) groups is 1. The summed E-state index contributed by atoms with van der Waals surface area (Å²) in [5, 5.41) is 4.79. The van der Waals surface area contributed by atoms with E-state index in [4.69, 9.17) is 11.6 Å². The zero-order valence-electron chi connectivity index (χ0n) is 9.95. The van der Waals surface area contributed by atoms with Crippen molar-refractivity contribution < 1.29 is 4.79 Å². The summed E-state index contributed by atoms with van der Waals surface area (Å²) >= 11 is 11.6. The number of fused-ring (bicyclic) bond motifs is 1. The third-order valence-electron chi connectivity index (χ3n) is 3.20. The first-order valence-corrected chi connectivity index (χ1v) is 8.05. The number of aryl methyl sites for hydroxylation is 1. The Morgan fingerprint density at radius 2 is 2.11 bits per heavy atom. The van der Waals surface area contributed by atoms with Gasteiger partial charge in [-0.15, -0.1) is 22.9 Å². The molecule has 0 aliphatic carbocycles. The highest BCUT2D eigenvalue weighted by Crippen LogP contribution is 2.35. The zero-order valence-corrected chi connectivity index (χ0v) is 13.1. The molecule has 0 saturated carbocycles. The summed E-state index contributed by atoms with van der Waals surface area (Å²) in [5.74, 6) is 0.0874. The van der Waals surface area contributed by atoms with Crippen LogP contribution in [-0.2, 0) is 11.2 Å². The molecule has 2 nitrogen and oxygen atoms in total. The summed E-state index contributed by atoms with van der Waals surface area (Å²) in [5.41, 5.74) is 4.24. The molecule has 0 fully saturated rings. The molecule has 1 aliphatic rings. The molecule has 3 rings (SSSR count). The van der Waals surface area contributed by atoms with Gasteiger partial charge in [-0.2, -0.15) is 0 Å². The van der Waals surface area contributed by atoms with E-state index < -0.39 is 0 Å². The number of carbonyl (C=O) groups excluding carboxylic acids is 1. The van der Waals surface area contributed by atoms with Crippen LogP contribution in [0.5, 0.6) is 0 Å². The highest BCUT2D eigenvalue weighted by atomic mass is 79.9. The minimum Gasteiger partial charge on any atom is -0.326 e. The molecule has 1 N–H and O–H groups in total. The standard InChI is InChI=1S/C14H11BrClNOS/c15-12-6-10(7-19-12)14(16)9-1-3-11-8(5-9)2-4-13(18)17-11/h1,3,5-7,14H,2,4H2,(H,17,18). The van der Waals surface area contributed by atoms with E-state index in [2.05, 4.69) is 32.7 Å². The molecule has 1 atom stereocenters. The normalized spacial score (nSPS) is 15.8. The topological polar surface area (TPSA) is 29.1 Å². The quantitative estimate of drug-likeness (QED) is 0.775. The fraction of sp³-hybridized carbons (Fsp3) is 0.214. The number of alkyl halides is 1. The van der Waals surface area contributed by atoms with Gasteiger partial charge >= 0.3 is 0 Å². The van der Waals surface area contributed by atoms with Crippen LogP contribution in [0, 0.1) is 0 Å². The van der Waals surface area contributed by atoms with Crippen molar-refractivity contribution in [3.05, 3.63) is 50.1 Å². The van der Waals surface area contributed by atoms with E-state index in [1.807, 2.05) is 18.2 Å². The molecule has 5 heteroatoms. The van der Waals surface area contributed by atoms with E-state index in [0.717, 1.165) is 32.6 Å². The number of thiophene rings is 1. The molecule has 1 aromatic carbocycles. The zero-order chi connectivity index (χ0) is 13.4. The van der Waals surface area contributed by atoms with Gasteiger partial charge in [-0.05, 0) is 56.6 Å². The number of hydrogen-bond acceptors (Lipinski definition) is 2. The van der Waals surface area contributed by atoms with Crippen LogP contribution >= 0.6 is 38.9 Å². The maximum absolute atomic E-state index is 11.3. The summed E-state index contributed by atoms with van der Waals surface area (Å²) in [6.45, 7) is 0. The molecule has 1 amide bonds. The number of nitrogens with one attached hydrogen (secondary N) is 1. The highest BCUT2D eigenvalue weighted by Gasteiger charge is 2.18. The van der Waals surface area contributed by atoms with Crippen molar-refractivity contribution in [2.24, 2.45) is 0 Å². The van der Waals surface area contributed by atoms with Crippen molar-refractivity contribution in [1.29, 1.82) is 0 Å². The lowest BCUT2D eigenvalue weighted by atomic mass is 9.98. The van der Waals surface area contributed by atoms with Gasteiger partial charge in [-0.3, -0.25) is 4.79 Å². The van der Waals surface area contributed by atoms with Crippen LogP contribution in [0.25, 0.3) is 0 Å². The first-order valence-electron chi connectivity index (χ1n) is 5.94. The van der Waals surface area contributed by atoms with Gasteiger partial charge in [0.15, 0.2) is 0 Å². The largest absolute Gasteiger partial charge is 0.326 e. The molecule has 2 aromatic rings. The fourth-order valence-electron chi connectivity index (χ4n) is 2.21. The molecule has 1 aromatic heterocycles. The average Bonchev–Trinajstić information content (AvgIpc) is 2.84. The molecule has 0 bridgehead atoms. The molecular formula is C14H11BrClNOS. The summed E-state index contributed by atoms with van der Waals surface area (Å²) in [6.07, 6.45) is 1.33. The minimum atomic E-state index is -0.148. The summed E-state index contributed by atoms with van der Waals surface area (Å²) in [4.78, 5) is 11.3. The van der Waals surface area contributed by atoms with Crippen molar-refractivity contribution in [1.82, 2.24) is 0 Å². The number of hydrogen-bond donors (Lipinski definition) is 1. The monoisotopic (exact) mass is 355 g/mol. The Kier molecular flexibility index (Phi) is 3.65. The van der Waals surface area contributed by atoms with E-state index in [-0.39, 0.29) is 11.3 Å². The van der Waals surface area contributed by atoms with Gasteiger partial charge in [0, 0.05) is 12.1 Å². The van der Waals surface area contributed by atoms with Crippen LogP contribution in [0.1, 0.15) is 28.5 Å². The molecule has 1 unspecified atom stereocenters. The number of benzene rings is 1. The maximum Gasteiger partial charge on any atom is 0.224 e. The van der Waals surface area contributed by atoms with Crippen molar-refractivity contribution in [3.63, 3.8) is 0 Å². The fourth-order valence-corrected chi connectivity index (χ4v) is 3.75. The molecule has 0 spiro atoms. The van der Waals surface area contributed by atoms with E-state index >= 15 is 0 Å². The van der Waals surface area contributed by atoms with E-state index in [9.17, 15) is 4.79 Å². The second kappa shape index (κ2) is 5.27. The van der Waals surface area contributed by atoms with Crippen LogP contribution in [0.3, 0.4) is 0 Å². The molecule has 0 radical (unpaired) electrons. The van der Waals surface area contributed by atoms with Gasteiger partial charge in [-0.1, -0.05) is 12.1 Å². The summed E-state index contributed by atoms with van der Waals surface area (Å²) in [6, 6.07) is 8.06. The van der Waals surface area contributed by atoms with Crippen LogP contribution in [0.4, 0.5) is 5.69 Å². The minimum absolute atomic E-state index is 0.0874. The molecule has 0 saturated heterocycles. The van der Waals surface area contributed by atoms with Gasteiger partial charge in [0.2, 0.25) is 5.91 Å². The number of anilines is 1. The number of rotatable bonds is 2. The van der Waals surface area contributed by atoms with Crippen molar-refractivity contribution in [2.45, 2.75) is 18.2 Å². The molecule has 19 heavy (non-hydrogen) atoms. The second-order valence-electron chi connectivity index (χ2n) is 4.51. The van der Waals surface area contributed by atoms with Crippen LogP contribution < -0.4 is 5.32 Å². The van der Waals surface area contributed by atoms with Crippen molar-refractivity contribution >= 4 is 50.5 Å². The van der Waals surface area contributed by atoms with Crippen molar-refractivity contribution in [3.8, 4) is 0 Å². The van der Waals surface area contributed by atoms with Crippen molar-refractivity contribution in [2.75, 3.05) is 5.32 Å². The van der Waals surface area contributed by atoms with Crippen LogP contribution in [0.15, 0.2) is 33.4 Å². The predicted octanol–water partition coefficient (Wildman–Crippen LogP) is 4.72. The van der Waals surface area contributed by atoms with Gasteiger partial charge in [-0.25, -0.2) is 0 Å².